The van der Waals surface area contributed by atoms with Crippen molar-refractivity contribution in [2.24, 2.45) is 0 Å². The van der Waals surface area contributed by atoms with Gasteiger partial charge in [0, 0.05) is 31.7 Å². The molecule has 1 aliphatic rings. The molecular formula is C19H20N6O. The maximum atomic E-state index is 8.95. The highest BCUT2D eigenvalue weighted by Gasteiger charge is 2.11. The van der Waals surface area contributed by atoms with E-state index in [1.54, 1.807) is 18.3 Å². The van der Waals surface area contributed by atoms with E-state index in [2.05, 4.69) is 26.4 Å². The van der Waals surface area contributed by atoms with Crippen LogP contribution in [0.3, 0.4) is 0 Å². The SMILES string of the molecule is N#Cc1ccc(-c2cnc3ccc(NCCN4CCOCC4)nn23)cc1. The number of fused-ring (bicyclic) bond motifs is 1. The van der Waals surface area contributed by atoms with E-state index in [4.69, 9.17) is 10.00 Å². The van der Waals surface area contributed by atoms with Crippen LogP contribution in [0.5, 0.6) is 0 Å². The van der Waals surface area contributed by atoms with E-state index in [9.17, 15) is 0 Å². The summed E-state index contributed by atoms with van der Waals surface area (Å²) in [7, 11) is 0. The van der Waals surface area contributed by atoms with E-state index in [0.717, 1.165) is 62.1 Å². The van der Waals surface area contributed by atoms with Crippen LogP contribution in [-0.4, -0.2) is 58.9 Å². The Balaban J connectivity index is 1.49. The second-order valence-electron chi connectivity index (χ2n) is 6.20. The largest absolute Gasteiger partial charge is 0.379 e. The van der Waals surface area contributed by atoms with Crippen molar-refractivity contribution in [2.75, 3.05) is 44.7 Å². The smallest absolute Gasteiger partial charge is 0.154 e. The third-order valence-electron chi connectivity index (χ3n) is 4.51. The van der Waals surface area contributed by atoms with Gasteiger partial charge >= 0.3 is 0 Å². The zero-order valence-corrected chi connectivity index (χ0v) is 14.4. The van der Waals surface area contributed by atoms with E-state index >= 15 is 0 Å². The Hall–Kier alpha value is -2.95. The summed E-state index contributed by atoms with van der Waals surface area (Å²) in [6.07, 6.45) is 1.81. The van der Waals surface area contributed by atoms with Crippen molar-refractivity contribution in [1.82, 2.24) is 19.5 Å². The number of nitriles is 1. The van der Waals surface area contributed by atoms with Crippen LogP contribution in [0.25, 0.3) is 16.9 Å². The molecule has 1 saturated heterocycles. The monoisotopic (exact) mass is 348 g/mol. The molecule has 3 heterocycles. The minimum atomic E-state index is 0.640. The van der Waals surface area contributed by atoms with Gasteiger partial charge in [-0.1, -0.05) is 12.1 Å². The van der Waals surface area contributed by atoms with Crippen molar-refractivity contribution in [1.29, 1.82) is 5.26 Å². The lowest BCUT2D eigenvalue weighted by molar-refractivity contribution is 0.0398. The third kappa shape index (κ3) is 3.52. The number of aromatic nitrogens is 3. The molecule has 3 aromatic rings. The van der Waals surface area contributed by atoms with Gasteiger partial charge in [0.15, 0.2) is 5.65 Å². The lowest BCUT2D eigenvalue weighted by Gasteiger charge is -2.26. The van der Waals surface area contributed by atoms with Gasteiger partial charge in [0.1, 0.15) is 5.82 Å². The highest BCUT2D eigenvalue weighted by molar-refractivity contribution is 5.64. The molecule has 0 amide bonds. The number of nitrogens with one attached hydrogen (secondary N) is 1. The van der Waals surface area contributed by atoms with Gasteiger partial charge in [-0.2, -0.15) is 5.26 Å². The molecule has 26 heavy (non-hydrogen) atoms. The van der Waals surface area contributed by atoms with Gasteiger partial charge in [-0.15, -0.1) is 5.10 Å². The first kappa shape index (κ1) is 16.5. The first-order valence-electron chi connectivity index (χ1n) is 8.73. The molecule has 0 bridgehead atoms. The Labute approximate surface area is 151 Å². The molecular weight excluding hydrogens is 328 g/mol. The van der Waals surface area contributed by atoms with Crippen molar-refractivity contribution in [3.8, 4) is 17.3 Å². The Kier molecular flexibility index (Phi) is 4.78. The highest BCUT2D eigenvalue weighted by atomic mass is 16.5. The van der Waals surface area contributed by atoms with Crippen molar-refractivity contribution in [3.63, 3.8) is 0 Å². The average molecular weight is 348 g/mol. The third-order valence-corrected chi connectivity index (χ3v) is 4.51. The van der Waals surface area contributed by atoms with E-state index in [0.29, 0.717) is 5.56 Å². The summed E-state index contributed by atoms with van der Waals surface area (Å²) in [5, 5.41) is 17.0. The number of rotatable bonds is 5. The molecule has 0 radical (unpaired) electrons. The molecule has 1 N–H and O–H groups in total. The van der Waals surface area contributed by atoms with Gasteiger partial charge in [0.05, 0.1) is 36.7 Å². The fraction of sp³-hybridized carbons (Fsp3) is 0.316. The fourth-order valence-electron chi connectivity index (χ4n) is 3.05. The van der Waals surface area contributed by atoms with Gasteiger partial charge in [0.2, 0.25) is 0 Å². The minimum absolute atomic E-state index is 0.640. The van der Waals surface area contributed by atoms with Gasteiger partial charge in [-0.05, 0) is 24.3 Å². The molecule has 0 aliphatic carbocycles. The number of hydrogen-bond acceptors (Lipinski definition) is 6. The van der Waals surface area contributed by atoms with Crippen LogP contribution in [0.4, 0.5) is 5.82 Å². The molecule has 0 saturated carbocycles. The van der Waals surface area contributed by atoms with Crippen molar-refractivity contribution < 1.29 is 4.74 Å². The van der Waals surface area contributed by atoms with E-state index < -0.39 is 0 Å². The Morgan fingerprint density at radius 2 is 1.92 bits per heavy atom. The Morgan fingerprint density at radius 3 is 2.69 bits per heavy atom. The molecule has 132 valence electrons. The number of ether oxygens (including phenoxy) is 1. The number of anilines is 1. The molecule has 0 atom stereocenters. The molecule has 7 nitrogen and oxygen atoms in total. The maximum absolute atomic E-state index is 8.95. The van der Waals surface area contributed by atoms with Crippen molar-refractivity contribution in [3.05, 3.63) is 48.2 Å². The molecule has 2 aromatic heterocycles. The quantitative estimate of drug-likeness (QED) is 0.760. The van der Waals surface area contributed by atoms with Crippen molar-refractivity contribution >= 4 is 11.5 Å². The van der Waals surface area contributed by atoms with Gasteiger partial charge < -0.3 is 10.1 Å². The van der Waals surface area contributed by atoms with Crippen LogP contribution in [0.2, 0.25) is 0 Å². The topological polar surface area (TPSA) is 78.5 Å². The molecule has 7 heteroatoms. The number of morpholine rings is 1. The molecule has 0 spiro atoms. The summed E-state index contributed by atoms with van der Waals surface area (Å²) in [5.41, 5.74) is 3.32. The van der Waals surface area contributed by atoms with Crippen LogP contribution in [-0.2, 0) is 4.74 Å². The first-order chi connectivity index (χ1) is 12.8. The number of nitrogens with zero attached hydrogens (tertiary/aromatic N) is 5. The van der Waals surface area contributed by atoms with E-state index in [1.165, 1.54) is 0 Å². The lowest BCUT2D eigenvalue weighted by Crippen LogP contribution is -2.39. The van der Waals surface area contributed by atoms with Gasteiger partial charge in [0.25, 0.3) is 0 Å². The van der Waals surface area contributed by atoms with Gasteiger partial charge in [-0.3, -0.25) is 4.90 Å². The summed E-state index contributed by atoms with van der Waals surface area (Å²) in [6, 6.07) is 13.5. The summed E-state index contributed by atoms with van der Waals surface area (Å²) < 4.78 is 7.20. The zero-order valence-electron chi connectivity index (χ0n) is 14.4. The Morgan fingerprint density at radius 1 is 1.12 bits per heavy atom. The number of imidazole rings is 1. The van der Waals surface area contributed by atoms with E-state index in [-0.39, 0.29) is 0 Å². The molecule has 1 aliphatic heterocycles. The highest BCUT2D eigenvalue weighted by Crippen LogP contribution is 2.21. The van der Waals surface area contributed by atoms with Gasteiger partial charge in [-0.25, -0.2) is 9.50 Å². The normalized spacial score (nSPS) is 15.0. The summed E-state index contributed by atoms with van der Waals surface area (Å²) in [6.45, 7) is 5.40. The molecule has 0 unspecified atom stereocenters. The average Bonchev–Trinajstić information content (AvgIpc) is 3.12. The summed E-state index contributed by atoms with van der Waals surface area (Å²) in [4.78, 5) is 6.80. The van der Waals surface area contributed by atoms with Crippen LogP contribution in [0.1, 0.15) is 5.56 Å². The number of hydrogen-bond donors (Lipinski definition) is 1. The second kappa shape index (κ2) is 7.52. The van der Waals surface area contributed by atoms with Crippen LogP contribution < -0.4 is 5.32 Å². The summed E-state index contributed by atoms with van der Waals surface area (Å²) >= 11 is 0. The molecule has 1 aromatic carbocycles. The fourth-order valence-corrected chi connectivity index (χ4v) is 3.05. The minimum Gasteiger partial charge on any atom is -0.379 e. The predicted molar refractivity (Wildman–Crippen MR) is 98.9 cm³/mol. The summed E-state index contributed by atoms with van der Waals surface area (Å²) in [5.74, 6) is 0.818. The second-order valence-corrected chi connectivity index (χ2v) is 6.20. The first-order valence-corrected chi connectivity index (χ1v) is 8.73. The standard InChI is InChI=1S/C19H20N6O/c20-13-15-1-3-16(4-2-15)17-14-22-19-6-5-18(23-25(17)19)21-7-8-24-9-11-26-12-10-24/h1-6,14H,7-12H2,(H,21,23). The van der Waals surface area contributed by atoms with Crippen LogP contribution >= 0.6 is 0 Å². The maximum Gasteiger partial charge on any atom is 0.154 e. The van der Waals surface area contributed by atoms with Crippen LogP contribution in [0.15, 0.2) is 42.6 Å². The van der Waals surface area contributed by atoms with E-state index in [1.807, 2.05) is 28.8 Å². The Bertz CT molecular complexity index is 921. The predicted octanol–water partition coefficient (Wildman–Crippen LogP) is 2.01. The molecule has 1 fully saturated rings. The zero-order chi connectivity index (χ0) is 17.8. The van der Waals surface area contributed by atoms with Crippen molar-refractivity contribution in [2.45, 2.75) is 0 Å². The number of benzene rings is 1. The lowest BCUT2D eigenvalue weighted by atomic mass is 10.1. The molecule has 4 rings (SSSR count). The van der Waals surface area contributed by atoms with Crippen LogP contribution in [0, 0.1) is 11.3 Å².